The van der Waals surface area contributed by atoms with Crippen LogP contribution >= 0.6 is 0 Å². The van der Waals surface area contributed by atoms with Crippen molar-refractivity contribution >= 4 is 23.1 Å². The van der Waals surface area contributed by atoms with Crippen molar-refractivity contribution in [2.45, 2.75) is 110 Å². The summed E-state index contributed by atoms with van der Waals surface area (Å²) in [5.41, 5.74) is 5.56. The van der Waals surface area contributed by atoms with Crippen LogP contribution in [0.3, 0.4) is 0 Å². The van der Waals surface area contributed by atoms with Gasteiger partial charge in [0.15, 0.2) is 11.2 Å². The molecule has 2 heterocycles. The SMILES string of the molecule is CCCCCCCC/C=C/CCCCCCCC(=O)OCC(CO)OCn1cnc2c(=O)[nH]c(N)nc21. The maximum atomic E-state index is 12.0. The van der Waals surface area contributed by atoms with Crippen LogP contribution in [0.5, 0.6) is 0 Å². The number of aromatic amines is 1. The second-order valence-corrected chi connectivity index (χ2v) is 9.46. The van der Waals surface area contributed by atoms with Gasteiger partial charge in [0, 0.05) is 6.42 Å². The molecule has 2 aromatic rings. The lowest BCUT2D eigenvalue weighted by atomic mass is 10.1. The molecule has 0 saturated heterocycles. The largest absolute Gasteiger partial charge is 0.463 e. The summed E-state index contributed by atoms with van der Waals surface area (Å²) in [6.07, 6.45) is 21.4. The van der Waals surface area contributed by atoms with Gasteiger partial charge >= 0.3 is 5.97 Å². The number of fused-ring (bicyclic) bond motifs is 1. The molecule has 0 saturated carbocycles. The highest BCUT2D eigenvalue weighted by molar-refractivity contribution is 5.70. The third-order valence-electron chi connectivity index (χ3n) is 6.22. The molecule has 10 heteroatoms. The van der Waals surface area contributed by atoms with E-state index in [9.17, 15) is 14.7 Å². The Bertz CT molecular complexity index is 987. The number of nitrogen functional groups attached to an aromatic ring is 1. The van der Waals surface area contributed by atoms with Crippen LogP contribution in [0.1, 0.15) is 96.8 Å². The molecule has 0 aliphatic rings. The molecule has 0 bridgehead atoms. The number of anilines is 1. The minimum atomic E-state index is -0.699. The number of carbonyl (C=O) groups is 1. The fourth-order valence-electron chi connectivity index (χ4n) is 4.00. The molecule has 0 fully saturated rings. The average molecular weight is 520 g/mol. The van der Waals surface area contributed by atoms with Crippen molar-refractivity contribution in [3.05, 3.63) is 28.8 Å². The van der Waals surface area contributed by atoms with E-state index in [-0.39, 0.29) is 43.0 Å². The molecule has 0 aliphatic heterocycles. The minimum absolute atomic E-state index is 0.0244. The van der Waals surface area contributed by atoms with Crippen LogP contribution in [-0.4, -0.2) is 49.9 Å². The van der Waals surface area contributed by atoms with Crippen molar-refractivity contribution in [1.29, 1.82) is 0 Å². The first-order valence-corrected chi connectivity index (χ1v) is 13.8. The van der Waals surface area contributed by atoms with Crippen LogP contribution in [0, 0.1) is 0 Å². The summed E-state index contributed by atoms with van der Waals surface area (Å²) in [5.74, 6) is -0.323. The van der Waals surface area contributed by atoms with Crippen molar-refractivity contribution in [2.24, 2.45) is 0 Å². The molecule has 10 nitrogen and oxygen atoms in total. The summed E-state index contributed by atoms with van der Waals surface area (Å²) >= 11 is 0. The Labute approximate surface area is 219 Å². The zero-order valence-electron chi connectivity index (χ0n) is 22.3. The standard InChI is InChI=1S/C27H45N5O5/c1-2-3-4-5-6-7-8-9-10-11-12-13-14-15-16-17-23(34)36-19-22(18-33)37-21-32-20-29-24-25(32)30-27(28)31-26(24)35/h9-10,20,22,33H,2-8,11-19,21H2,1H3,(H3,28,30,31,35)/b10-9+. The number of allylic oxidation sites excluding steroid dienone is 2. The van der Waals surface area contributed by atoms with Crippen molar-refractivity contribution in [3.8, 4) is 0 Å². The van der Waals surface area contributed by atoms with E-state index in [1.807, 2.05) is 0 Å². The van der Waals surface area contributed by atoms with Gasteiger partial charge in [-0.15, -0.1) is 0 Å². The van der Waals surface area contributed by atoms with E-state index in [0.717, 1.165) is 25.7 Å². The lowest BCUT2D eigenvalue weighted by Gasteiger charge is -2.16. The number of hydrogen-bond acceptors (Lipinski definition) is 8. The number of unbranched alkanes of at least 4 members (excludes halogenated alkanes) is 11. The maximum Gasteiger partial charge on any atom is 0.305 e. The third-order valence-corrected chi connectivity index (χ3v) is 6.22. The summed E-state index contributed by atoms with van der Waals surface area (Å²) in [6, 6.07) is 0. The fraction of sp³-hybridized carbons (Fsp3) is 0.704. The van der Waals surface area contributed by atoms with Crippen LogP contribution in [0.15, 0.2) is 23.3 Å². The van der Waals surface area contributed by atoms with Gasteiger partial charge in [0.1, 0.15) is 19.4 Å². The quantitative estimate of drug-likeness (QED) is 0.123. The van der Waals surface area contributed by atoms with E-state index >= 15 is 0 Å². The van der Waals surface area contributed by atoms with Gasteiger partial charge in [-0.05, 0) is 32.1 Å². The van der Waals surface area contributed by atoms with E-state index in [1.165, 1.54) is 68.7 Å². The first kappa shape index (κ1) is 30.5. The number of imidazole rings is 1. The Morgan fingerprint density at radius 3 is 2.41 bits per heavy atom. The number of carbonyl (C=O) groups excluding carboxylic acids is 1. The van der Waals surface area contributed by atoms with E-state index < -0.39 is 11.7 Å². The predicted molar refractivity (Wildman–Crippen MR) is 145 cm³/mol. The molecular weight excluding hydrogens is 474 g/mol. The monoisotopic (exact) mass is 519 g/mol. The molecule has 208 valence electrons. The van der Waals surface area contributed by atoms with Gasteiger partial charge in [-0.3, -0.25) is 19.1 Å². The number of rotatable bonds is 21. The second kappa shape index (κ2) is 18.5. The van der Waals surface area contributed by atoms with Gasteiger partial charge in [0.25, 0.3) is 5.56 Å². The van der Waals surface area contributed by atoms with Crippen LogP contribution in [-0.2, 0) is 21.0 Å². The number of ether oxygens (including phenoxy) is 2. The fourth-order valence-corrected chi connectivity index (χ4v) is 4.00. The summed E-state index contributed by atoms with van der Waals surface area (Å²) < 4.78 is 12.4. The number of nitrogens with two attached hydrogens (primary N) is 1. The van der Waals surface area contributed by atoms with Crippen LogP contribution in [0.25, 0.3) is 11.2 Å². The van der Waals surface area contributed by atoms with E-state index in [1.54, 1.807) is 0 Å². The Morgan fingerprint density at radius 2 is 1.73 bits per heavy atom. The number of aliphatic hydroxyl groups excluding tert-OH is 1. The number of nitrogens with zero attached hydrogens (tertiary/aromatic N) is 3. The normalized spacial score (nSPS) is 12.5. The molecule has 1 atom stereocenters. The second-order valence-electron chi connectivity index (χ2n) is 9.46. The highest BCUT2D eigenvalue weighted by Gasteiger charge is 2.14. The number of hydrogen-bond donors (Lipinski definition) is 3. The molecule has 0 spiro atoms. The van der Waals surface area contributed by atoms with Gasteiger partial charge in [-0.2, -0.15) is 4.98 Å². The summed E-state index contributed by atoms with van der Waals surface area (Å²) in [4.78, 5) is 34.3. The molecule has 1 unspecified atom stereocenters. The number of aromatic nitrogens is 4. The first-order valence-electron chi connectivity index (χ1n) is 13.8. The third kappa shape index (κ3) is 12.4. The lowest BCUT2D eigenvalue weighted by Crippen LogP contribution is -2.26. The molecule has 0 radical (unpaired) electrons. The van der Waals surface area contributed by atoms with Gasteiger partial charge in [-0.25, -0.2) is 4.98 Å². The molecule has 0 aromatic carbocycles. The summed E-state index contributed by atoms with van der Waals surface area (Å²) in [5, 5.41) is 9.55. The van der Waals surface area contributed by atoms with Crippen LogP contribution in [0.4, 0.5) is 5.95 Å². The Hall–Kier alpha value is -2.72. The van der Waals surface area contributed by atoms with Gasteiger partial charge < -0.3 is 20.3 Å². The molecule has 2 aromatic heterocycles. The topological polar surface area (TPSA) is 145 Å². The van der Waals surface area contributed by atoms with Gasteiger partial charge in [0.2, 0.25) is 5.95 Å². The van der Waals surface area contributed by atoms with Crippen molar-refractivity contribution < 1.29 is 19.4 Å². The molecule has 0 aliphatic carbocycles. The maximum absolute atomic E-state index is 12.0. The van der Waals surface area contributed by atoms with Crippen molar-refractivity contribution in [1.82, 2.24) is 19.5 Å². The van der Waals surface area contributed by atoms with Gasteiger partial charge in [-0.1, -0.05) is 70.4 Å². The molecule has 4 N–H and O–H groups in total. The predicted octanol–water partition coefficient (Wildman–Crippen LogP) is 4.62. The average Bonchev–Trinajstić information content (AvgIpc) is 3.29. The zero-order valence-corrected chi connectivity index (χ0v) is 22.3. The number of H-pyrrole nitrogens is 1. The van der Waals surface area contributed by atoms with E-state index in [0.29, 0.717) is 6.42 Å². The summed E-state index contributed by atoms with van der Waals surface area (Å²) in [7, 11) is 0. The lowest BCUT2D eigenvalue weighted by molar-refractivity contribution is -0.150. The van der Waals surface area contributed by atoms with Gasteiger partial charge in [0.05, 0.1) is 12.9 Å². The minimum Gasteiger partial charge on any atom is -0.463 e. The first-order chi connectivity index (χ1) is 18.0. The molecule has 37 heavy (non-hydrogen) atoms. The Kier molecular flexibility index (Phi) is 15.3. The highest BCUT2D eigenvalue weighted by atomic mass is 16.6. The highest BCUT2D eigenvalue weighted by Crippen LogP contribution is 2.11. The molecule has 2 rings (SSSR count). The molecular formula is C27H45N5O5. The van der Waals surface area contributed by atoms with Crippen LogP contribution < -0.4 is 11.3 Å². The zero-order chi connectivity index (χ0) is 26.7. The van der Waals surface area contributed by atoms with Crippen molar-refractivity contribution in [2.75, 3.05) is 18.9 Å². The van der Waals surface area contributed by atoms with E-state index in [2.05, 4.69) is 34.0 Å². The van der Waals surface area contributed by atoms with Crippen molar-refractivity contribution in [3.63, 3.8) is 0 Å². The Balaban J connectivity index is 1.49. The number of esters is 1. The Morgan fingerprint density at radius 1 is 1.08 bits per heavy atom. The summed E-state index contributed by atoms with van der Waals surface area (Å²) in [6.45, 7) is 1.86. The van der Waals surface area contributed by atoms with E-state index in [4.69, 9.17) is 15.2 Å². The smallest absolute Gasteiger partial charge is 0.305 e. The molecule has 0 amide bonds. The number of nitrogens with one attached hydrogen (secondary N) is 1. The van der Waals surface area contributed by atoms with Crippen LogP contribution in [0.2, 0.25) is 0 Å². The number of aliphatic hydroxyl groups is 1.